The van der Waals surface area contributed by atoms with E-state index in [1.807, 2.05) is 60.4 Å². The third-order valence-electron chi connectivity index (χ3n) is 6.58. The molecule has 1 unspecified atom stereocenters. The molecule has 0 aliphatic carbocycles. The summed E-state index contributed by atoms with van der Waals surface area (Å²) in [5.74, 6) is -0.578. The van der Waals surface area contributed by atoms with Gasteiger partial charge in [0.1, 0.15) is 0 Å². The zero-order chi connectivity index (χ0) is 27.8. The van der Waals surface area contributed by atoms with Crippen LogP contribution in [-0.4, -0.2) is 46.0 Å². The molecule has 2 aromatic carbocycles. The second-order valence-electron chi connectivity index (χ2n) is 9.77. The van der Waals surface area contributed by atoms with Gasteiger partial charge in [0, 0.05) is 17.7 Å². The van der Waals surface area contributed by atoms with Crippen LogP contribution in [0.2, 0.25) is 0 Å². The number of aromatic nitrogens is 2. The topological polar surface area (TPSA) is 108 Å². The van der Waals surface area contributed by atoms with Crippen LogP contribution in [-0.2, 0) is 11.3 Å². The van der Waals surface area contributed by atoms with E-state index in [0.29, 0.717) is 25.1 Å². The van der Waals surface area contributed by atoms with E-state index in [0.717, 1.165) is 16.7 Å². The zero-order valence-corrected chi connectivity index (χ0v) is 22.9. The zero-order valence-electron chi connectivity index (χ0n) is 22.9. The van der Waals surface area contributed by atoms with E-state index in [4.69, 9.17) is 10.5 Å². The van der Waals surface area contributed by atoms with E-state index in [2.05, 4.69) is 18.8 Å². The summed E-state index contributed by atoms with van der Waals surface area (Å²) in [4.78, 5) is 45.2. The third-order valence-corrected chi connectivity index (χ3v) is 6.58. The lowest BCUT2D eigenvalue weighted by atomic mass is 9.89. The van der Waals surface area contributed by atoms with Crippen molar-refractivity contribution in [1.82, 2.24) is 14.5 Å². The van der Waals surface area contributed by atoms with Gasteiger partial charge in [-0.2, -0.15) is 0 Å². The standard InChI is InChI=1S/C30H38N4O4/c1-6-38-30(37)26-22(5)28(35)33(19-32-26)18-24-10-7-8-11-25(24)27(20(2)3)34(17-9-16-31)29(36)23-14-12-21(4)13-15-23/h7-8,10-15,19-20,27H,6,9,16-18,31H2,1-5H3. The van der Waals surface area contributed by atoms with Crippen molar-refractivity contribution >= 4 is 11.9 Å². The fourth-order valence-electron chi connectivity index (χ4n) is 4.64. The van der Waals surface area contributed by atoms with E-state index >= 15 is 0 Å². The number of nitrogens with two attached hydrogens (primary N) is 1. The molecule has 2 N–H and O–H groups in total. The van der Waals surface area contributed by atoms with E-state index in [9.17, 15) is 14.4 Å². The van der Waals surface area contributed by atoms with E-state index in [1.165, 1.54) is 10.9 Å². The van der Waals surface area contributed by atoms with Crippen LogP contribution >= 0.6 is 0 Å². The molecule has 0 fully saturated rings. The summed E-state index contributed by atoms with van der Waals surface area (Å²) in [6, 6.07) is 15.2. The molecule has 3 aromatic rings. The Labute approximate surface area is 224 Å². The van der Waals surface area contributed by atoms with Crippen LogP contribution in [0.15, 0.2) is 59.7 Å². The molecule has 8 nitrogen and oxygen atoms in total. The van der Waals surface area contributed by atoms with Crippen LogP contribution in [0.1, 0.15) is 76.3 Å². The molecule has 1 atom stereocenters. The van der Waals surface area contributed by atoms with Gasteiger partial charge in [-0.3, -0.25) is 14.2 Å². The first-order chi connectivity index (χ1) is 18.2. The summed E-state index contributed by atoms with van der Waals surface area (Å²) in [7, 11) is 0. The Bertz CT molecular complexity index is 1310. The molecule has 0 aliphatic heterocycles. The number of hydrogen-bond acceptors (Lipinski definition) is 6. The van der Waals surface area contributed by atoms with Crippen molar-refractivity contribution in [2.45, 2.75) is 53.6 Å². The summed E-state index contributed by atoms with van der Waals surface area (Å²) in [6.07, 6.45) is 2.05. The van der Waals surface area contributed by atoms with Gasteiger partial charge in [-0.25, -0.2) is 9.78 Å². The number of hydrogen-bond donors (Lipinski definition) is 1. The molecule has 38 heavy (non-hydrogen) atoms. The first kappa shape index (κ1) is 28.8. The molecule has 8 heteroatoms. The minimum absolute atomic E-state index is 0.0260. The van der Waals surface area contributed by atoms with Crippen LogP contribution in [0.25, 0.3) is 0 Å². The van der Waals surface area contributed by atoms with Gasteiger partial charge in [-0.1, -0.05) is 55.8 Å². The maximum atomic E-state index is 13.8. The summed E-state index contributed by atoms with van der Waals surface area (Å²) >= 11 is 0. The van der Waals surface area contributed by atoms with E-state index in [1.54, 1.807) is 13.8 Å². The van der Waals surface area contributed by atoms with Crippen molar-refractivity contribution in [2.24, 2.45) is 11.7 Å². The van der Waals surface area contributed by atoms with Gasteiger partial charge >= 0.3 is 5.97 Å². The number of rotatable bonds is 11. The van der Waals surface area contributed by atoms with Gasteiger partial charge in [0.05, 0.1) is 25.5 Å². The number of ether oxygens (including phenoxy) is 1. The molecular formula is C30H38N4O4. The Morgan fingerprint density at radius 1 is 1.08 bits per heavy atom. The lowest BCUT2D eigenvalue weighted by molar-refractivity contribution is 0.0517. The molecule has 0 saturated heterocycles. The first-order valence-electron chi connectivity index (χ1n) is 13.1. The van der Waals surface area contributed by atoms with Crippen molar-refractivity contribution in [3.05, 3.63) is 98.7 Å². The highest BCUT2D eigenvalue weighted by Gasteiger charge is 2.30. The fourth-order valence-corrected chi connectivity index (χ4v) is 4.64. The van der Waals surface area contributed by atoms with Crippen molar-refractivity contribution in [2.75, 3.05) is 19.7 Å². The maximum absolute atomic E-state index is 13.8. The second kappa shape index (κ2) is 13.1. The van der Waals surface area contributed by atoms with Gasteiger partial charge in [0.25, 0.3) is 11.5 Å². The lowest BCUT2D eigenvalue weighted by Gasteiger charge is -2.36. The third kappa shape index (κ3) is 6.55. The smallest absolute Gasteiger partial charge is 0.357 e. The van der Waals surface area contributed by atoms with Gasteiger partial charge < -0.3 is 15.4 Å². The highest BCUT2D eigenvalue weighted by atomic mass is 16.5. The monoisotopic (exact) mass is 518 g/mol. The average molecular weight is 519 g/mol. The number of aryl methyl sites for hydroxylation is 1. The van der Waals surface area contributed by atoms with Crippen molar-refractivity contribution in [3.63, 3.8) is 0 Å². The summed E-state index contributed by atoms with van der Waals surface area (Å²) < 4.78 is 6.51. The SMILES string of the molecule is CCOC(=O)c1ncn(Cc2ccccc2C(C(C)C)N(CCCN)C(=O)c2ccc(C)cc2)c(=O)c1C. The Kier molecular flexibility index (Phi) is 9.96. The molecule has 0 spiro atoms. The summed E-state index contributed by atoms with van der Waals surface area (Å²) in [5, 5.41) is 0. The molecule has 0 aliphatic rings. The average Bonchev–Trinajstić information content (AvgIpc) is 2.90. The minimum atomic E-state index is -0.611. The van der Waals surface area contributed by atoms with Gasteiger partial charge in [-0.15, -0.1) is 0 Å². The van der Waals surface area contributed by atoms with Crippen molar-refractivity contribution in [3.8, 4) is 0 Å². The van der Waals surface area contributed by atoms with Gasteiger partial charge in [-0.05, 0) is 62.9 Å². The largest absolute Gasteiger partial charge is 0.461 e. The molecule has 3 rings (SSSR count). The Hall–Kier alpha value is -3.78. The molecular weight excluding hydrogens is 480 g/mol. The predicted molar refractivity (Wildman–Crippen MR) is 148 cm³/mol. The van der Waals surface area contributed by atoms with E-state index < -0.39 is 5.97 Å². The quantitative estimate of drug-likeness (QED) is 0.380. The Morgan fingerprint density at radius 2 is 1.76 bits per heavy atom. The summed E-state index contributed by atoms with van der Waals surface area (Å²) in [6.45, 7) is 10.9. The molecule has 0 bridgehead atoms. The second-order valence-corrected chi connectivity index (χ2v) is 9.77. The number of esters is 1. The van der Waals surface area contributed by atoms with Crippen LogP contribution < -0.4 is 11.3 Å². The number of carbonyl (C=O) groups excluding carboxylic acids is 2. The Morgan fingerprint density at radius 3 is 2.39 bits per heavy atom. The highest BCUT2D eigenvalue weighted by Crippen LogP contribution is 2.33. The van der Waals surface area contributed by atoms with Crippen LogP contribution in [0.3, 0.4) is 0 Å². The minimum Gasteiger partial charge on any atom is -0.461 e. The molecule has 1 amide bonds. The Balaban J connectivity index is 2.04. The molecule has 0 radical (unpaired) electrons. The number of benzene rings is 2. The fraction of sp³-hybridized carbons (Fsp3) is 0.400. The lowest BCUT2D eigenvalue weighted by Crippen LogP contribution is -2.39. The maximum Gasteiger partial charge on any atom is 0.357 e. The molecule has 202 valence electrons. The van der Waals surface area contributed by atoms with Crippen LogP contribution in [0.5, 0.6) is 0 Å². The predicted octanol–water partition coefficient (Wildman–Crippen LogP) is 4.27. The van der Waals surface area contributed by atoms with E-state index in [-0.39, 0.29) is 47.8 Å². The van der Waals surface area contributed by atoms with Gasteiger partial charge in [0.2, 0.25) is 0 Å². The first-order valence-corrected chi connectivity index (χ1v) is 13.1. The molecule has 1 heterocycles. The molecule has 0 saturated carbocycles. The number of carbonyl (C=O) groups is 2. The van der Waals surface area contributed by atoms with Gasteiger partial charge in [0.15, 0.2) is 5.69 Å². The van der Waals surface area contributed by atoms with Crippen LogP contribution in [0.4, 0.5) is 0 Å². The number of nitrogens with zero attached hydrogens (tertiary/aromatic N) is 3. The summed E-state index contributed by atoms with van der Waals surface area (Å²) in [5.41, 5.74) is 9.37. The number of amides is 1. The van der Waals surface area contributed by atoms with Crippen LogP contribution in [0, 0.1) is 19.8 Å². The van der Waals surface area contributed by atoms with Crippen molar-refractivity contribution in [1.29, 1.82) is 0 Å². The normalized spacial score (nSPS) is 11.9. The van der Waals surface area contributed by atoms with Crippen molar-refractivity contribution < 1.29 is 14.3 Å². The highest BCUT2D eigenvalue weighted by molar-refractivity contribution is 5.94. The molecule has 1 aromatic heterocycles.